The lowest BCUT2D eigenvalue weighted by Crippen LogP contribution is -2.20. The Labute approximate surface area is 126 Å². The van der Waals surface area contributed by atoms with Crippen LogP contribution in [0.4, 0.5) is 5.82 Å². The van der Waals surface area contributed by atoms with Gasteiger partial charge in [-0.2, -0.15) is 5.10 Å². The molecule has 0 aliphatic rings. The highest BCUT2D eigenvalue weighted by molar-refractivity contribution is 5.89. The summed E-state index contributed by atoms with van der Waals surface area (Å²) in [6, 6.07) is 8.94. The number of aryl methyl sites for hydroxylation is 3. The molecule has 0 unspecified atom stereocenters. The first-order valence-electron chi connectivity index (χ1n) is 6.93. The van der Waals surface area contributed by atoms with Gasteiger partial charge in [0, 0.05) is 26.1 Å². The number of rotatable bonds is 4. The smallest absolute Gasteiger partial charge is 0.408 e. The molecule has 3 rings (SSSR count). The summed E-state index contributed by atoms with van der Waals surface area (Å²) in [7, 11) is 1.76. The van der Waals surface area contributed by atoms with Gasteiger partial charge in [0.05, 0.1) is 11.2 Å². The van der Waals surface area contributed by atoms with Crippen molar-refractivity contribution in [3.63, 3.8) is 0 Å². The van der Waals surface area contributed by atoms with Gasteiger partial charge in [-0.3, -0.25) is 14.0 Å². The number of benzene rings is 1. The number of nitrogens with one attached hydrogen (secondary N) is 1. The van der Waals surface area contributed by atoms with Crippen molar-refractivity contribution in [3.8, 4) is 0 Å². The first-order valence-corrected chi connectivity index (χ1v) is 6.93. The molecule has 0 spiro atoms. The Bertz CT molecular complexity index is 888. The van der Waals surface area contributed by atoms with Crippen molar-refractivity contribution >= 4 is 22.8 Å². The third kappa shape index (κ3) is 2.65. The van der Waals surface area contributed by atoms with E-state index in [0.717, 1.165) is 5.69 Å². The summed E-state index contributed by atoms with van der Waals surface area (Å²) in [5, 5.41) is 6.94. The fraction of sp³-hybridized carbons (Fsp3) is 0.267. The Hall–Kier alpha value is -2.83. The first-order chi connectivity index (χ1) is 10.5. The average molecular weight is 300 g/mol. The van der Waals surface area contributed by atoms with Crippen molar-refractivity contribution < 1.29 is 9.21 Å². The molecule has 114 valence electrons. The standard InChI is InChI=1S/C15H16N4O3/c1-10-9-13(18(2)17-10)16-14(20)7-8-19-11-5-3-4-6-12(11)22-15(19)21/h3-6,9H,7-8H2,1-2H3,(H,16,20). The molecule has 0 aliphatic carbocycles. The number of hydrogen-bond acceptors (Lipinski definition) is 4. The molecule has 2 aromatic heterocycles. The lowest BCUT2D eigenvalue weighted by atomic mass is 10.3. The second kappa shape index (κ2) is 5.51. The van der Waals surface area contributed by atoms with Crippen LogP contribution in [0, 0.1) is 6.92 Å². The maximum atomic E-state index is 12.0. The number of carbonyl (C=O) groups excluding carboxylic acids is 1. The van der Waals surface area contributed by atoms with Crippen LogP contribution in [0.2, 0.25) is 0 Å². The Kier molecular flexibility index (Phi) is 3.54. The number of aromatic nitrogens is 3. The number of nitrogens with zero attached hydrogens (tertiary/aromatic N) is 3. The zero-order chi connectivity index (χ0) is 15.7. The number of amides is 1. The fourth-order valence-corrected chi connectivity index (χ4v) is 2.37. The van der Waals surface area contributed by atoms with Crippen LogP contribution in [-0.4, -0.2) is 20.3 Å². The third-order valence-corrected chi connectivity index (χ3v) is 3.41. The second-order valence-corrected chi connectivity index (χ2v) is 5.08. The van der Waals surface area contributed by atoms with E-state index >= 15 is 0 Å². The molecule has 0 fully saturated rings. The highest BCUT2D eigenvalue weighted by atomic mass is 16.4. The summed E-state index contributed by atoms with van der Waals surface area (Å²) < 4.78 is 8.20. The summed E-state index contributed by atoms with van der Waals surface area (Å²) in [6.07, 6.45) is 0.174. The van der Waals surface area contributed by atoms with Gasteiger partial charge in [-0.25, -0.2) is 4.79 Å². The van der Waals surface area contributed by atoms with Crippen molar-refractivity contribution in [2.24, 2.45) is 7.05 Å². The molecule has 1 aromatic carbocycles. The van der Waals surface area contributed by atoms with Crippen LogP contribution >= 0.6 is 0 Å². The van der Waals surface area contributed by atoms with E-state index in [9.17, 15) is 9.59 Å². The monoisotopic (exact) mass is 300 g/mol. The van der Waals surface area contributed by atoms with Gasteiger partial charge in [0.15, 0.2) is 5.58 Å². The molecule has 2 heterocycles. The Morgan fingerprint density at radius 3 is 2.86 bits per heavy atom. The van der Waals surface area contributed by atoms with Crippen molar-refractivity contribution in [2.45, 2.75) is 19.9 Å². The molecule has 1 amide bonds. The predicted molar refractivity (Wildman–Crippen MR) is 81.7 cm³/mol. The highest BCUT2D eigenvalue weighted by Gasteiger charge is 2.11. The number of anilines is 1. The lowest BCUT2D eigenvalue weighted by molar-refractivity contribution is -0.116. The average Bonchev–Trinajstić information content (AvgIpc) is 2.95. The van der Waals surface area contributed by atoms with Crippen molar-refractivity contribution in [3.05, 3.63) is 46.6 Å². The number of fused-ring (bicyclic) bond motifs is 1. The molecule has 0 atom stereocenters. The maximum Gasteiger partial charge on any atom is 0.419 e. The first kappa shape index (κ1) is 14.1. The zero-order valence-corrected chi connectivity index (χ0v) is 12.4. The largest absolute Gasteiger partial charge is 0.419 e. The zero-order valence-electron chi connectivity index (χ0n) is 12.4. The van der Waals surface area contributed by atoms with E-state index in [0.29, 0.717) is 16.9 Å². The van der Waals surface area contributed by atoms with Crippen LogP contribution in [0.1, 0.15) is 12.1 Å². The van der Waals surface area contributed by atoms with Gasteiger partial charge in [0.2, 0.25) is 5.91 Å². The van der Waals surface area contributed by atoms with Gasteiger partial charge in [-0.05, 0) is 19.1 Å². The minimum absolute atomic E-state index is 0.174. The Balaban J connectivity index is 1.71. The van der Waals surface area contributed by atoms with E-state index in [1.54, 1.807) is 36.0 Å². The van der Waals surface area contributed by atoms with Crippen LogP contribution in [0.5, 0.6) is 0 Å². The van der Waals surface area contributed by atoms with Gasteiger partial charge >= 0.3 is 5.76 Å². The van der Waals surface area contributed by atoms with E-state index < -0.39 is 5.76 Å². The van der Waals surface area contributed by atoms with Crippen molar-refractivity contribution in [1.29, 1.82) is 0 Å². The highest BCUT2D eigenvalue weighted by Crippen LogP contribution is 2.13. The number of carbonyl (C=O) groups is 1. The van der Waals surface area contributed by atoms with E-state index in [-0.39, 0.29) is 18.9 Å². The molecule has 7 heteroatoms. The van der Waals surface area contributed by atoms with Gasteiger partial charge in [-0.15, -0.1) is 0 Å². The number of para-hydroxylation sites is 2. The van der Waals surface area contributed by atoms with E-state index in [1.165, 1.54) is 4.57 Å². The fourth-order valence-electron chi connectivity index (χ4n) is 2.37. The molecule has 0 aliphatic heterocycles. The predicted octanol–water partition coefficient (Wildman–Crippen LogP) is 1.67. The molecule has 0 saturated carbocycles. The lowest BCUT2D eigenvalue weighted by Gasteiger charge is -2.05. The quantitative estimate of drug-likeness (QED) is 0.794. The molecule has 0 radical (unpaired) electrons. The van der Waals surface area contributed by atoms with Gasteiger partial charge in [0.25, 0.3) is 0 Å². The van der Waals surface area contributed by atoms with E-state index in [2.05, 4.69) is 10.4 Å². The van der Waals surface area contributed by atoms with Crippen LogP contribution in [-0.2, 0) is 18.4 Å². The van der Waals surface area contributed by atoms with Crippen LogP contribution < -0.4 is 11.1 Å². The van der Waals surface area contributed by atoms with Gasteiger partial charge in [-0.1, -0.05) is 12.1 Å². The molecule has 1 N–H and O–H groups in total. The summed E-state index contributed by atoms with van der Waals surface area (Å²) in [4.78, 5) is 23.8. The van der Waals surface area contributed by atoms with Crippen LogP contribution in [0.25, 0.3) is 11.1 Å². The molecule has 7 nitrogen and oxygen atoms in total. The molecule has 0 saturated heterocycles. The SMILES string of the molecule is Cc1cc(NC(=O)CCn2c(=O)oc3ccccc32)n(C)n1. The molecule has 3 aromatic rings. The second-order valence-electron chi connectivity index (χ2n) is 5.08. The topological polar surface area (TPSA) is 82.1 Å². The summed E-state index contributed by atoms with van der Waals surface area (Å²) in [5.41, 5.74) is 2.04. The molecular weight excluding hydrogens is 284 g/mol. The third-order valence-electron chi connectivity index (χ3n) is 3.41. The van der Waals surface area contributed by atoms with Gasteiger partial charge in [0.1, 0.15) is 5.82 Å². The van der Waals surface area contributed by atoms with E-state index in [1.807, 2.05) is 13.0 Å². The summed E-state index contributed by atoms with van der Waals surface area (Å²) >= 11 is 0. The van der Waals surface area contributed by atoms with Crippen molar-refractivity contribution in [2.75, 3.05) is 5.32 Å². The van der Waals surface area contributed by atoms with E-state index in [4.69, 9.17) is 4.42 Å². The number of oxazole rings is 1. The minimum atomic E-state index is -0.453. The van der Waals surface area contributed by atoms with Crippen LogP contribution in [0.3, 0.4) is 0 Å². The summed E-state index contributed by atoms with van der Waals surface area (Å²) in [6.45, 7) is 2.12. The normalized spacial score (nSPS) is 11.0. The molecular formula is C15H16N4O3. The van der Waals surface area contributed by atoms with Crippen LogP contribution in [0.15, 0.2) is 39.5 Å². The summed E-state index contributed by atoms with van der Waals surface area (Å²) in [5.74, 6) is -0.00235. The number of hydrogen-bond donors (Lipinski definition) is 1. The van der Waals surface area contributed by atoms with Crippen molar-refractivity contribution in [1.82, 2.24) is 14.3 Å². The molecule has 22 heavy (non-hydrogen) atoms. The minimum Gasteiger partial charge on any atom is -0.408 e. The van der Waals surface area contributed by atoms with Gasteiger partial charge < -0.3 is 9.73 Å². The Morgan fingerprint density at radius 2 is 2.14 bits per heavy atom. The maximum absolute atomic E-state index is 12.0. The molecule has 0 bridgehead atoms. The Morgan fingerprint density at radius 1 is 1.36 bits per heavy atom.